The van der Waals surface area contributed by atoms with Gasteiger partial charge < -0.3 is 5.32 Å². The van der Waals surface area contributed by atoms with Gasteiger partial charge in [0.2, 0.25) is 15.9 Å². The Morgan fingerprint density at radius 3 is 2.40 bits per heavy atom. The lowest BCUT2D eigenvalue weighted by Gasteiger charge is -2.18. The number of hydrogen-bond donors (Lipinski definition) is 1. The minimum Gasteiger partial charge on any atom is -0.349 e. The molecule has 3 rings (SSSR count). The molecular weight excluding hydrogens is 364 g/mol. The number of hydrogen-bond acceptors (Lipinski definition) is 4. The summed E-state index contributed by atoms with van der Waals surface area (Å²) in [5.74, 6) is -0.946. The molecule has 25 heavy (non-hydrogen) atoms. The fourth-order valence-corrected chi connectivity index (χ4v) is 5.08. The second kappa shape index (κ2) is 7.33. The van der Waals surface area contributed by atoms with Crippen molar-refractivity contribution in [3.8, 4) is 0 Å². The number of anilines is 1. The van der Waals surface area contributed by atoms with E-state index in [0.29, 0.717) is 5.56 Å². The number of rotatable bonds is 3. The van der Waals surface area contributed by atoms with E-state index in [-0.39, 0.29) is 34.8 Å². The number of benzene rings is 1. The van der Waals surface area contributed by atoms with Gasteiger partial charge in [-0.2, -0.15) is 0 Å². The van der Waals surface area contributed by atoms with Gasteiger partial charge in [0.25, 0.3) is 5.91 Å². The first kappa shape index (κ1) is 18.2. The van der Waals surface area contributed by atoms with Crippen LogP contribution in [-0.4, -0.2) is 32.0 Å². The SMILES string of the molecule is O=C(NC1CCCCCC1)c1ccc(N2C(=O)CCS2(=O)=O)cc1Cl. The number of carbonyl (C=O) groups is 2. The highest BCUT2D eigenvalue weighted by Crippen LogP contribution is 2.29. The Morgan fingerprint density at radius 1 is 1.16 bits per heavy atom. The molecule has 1 aliphatic carbocycles. The fourth-order valence-electron chi connectivity index (χ4n) is 3.37. The maximum atomic E-state index is 12.5. The summed E-state index contributed by atoms with van der Waals surface area (Å²) >= 11 is 6.20. The van der Waals surface area contributed by atoms with Gasteiger partial charge in [-0.1, -0.05) is 37.3 Å². The van der Waals surface area contributed by atoms with Gasteiger partial charge in [-0.25, -0.2) is 12.7 Å². The van der Waals surface area contributed by atoms with Gasteiger partial charge in [0, 0.05) is 12.5 Å². The number of carbonyl (C=O) groups excluding carboxylic acids is 2. The molecule has 1 aromatic rings. The standard InChI is InChI=1S/C17H21ClN2O4S/c18-15-11-13(20-16(21)9-10-25(20,23)24)7-8-14(15)17(22)19-12-5-3-1-2-4-6-12/h7-8,11-12H,1-6,9-10H2,(H,19,22). The molecule has 1 aromatic carbocycles. The van der Waals surface area contributed by atoms with Crippen molar-refractivity contribution in [3.63, 3.8) is 0 Å². The number of nitrogens with zero attached hydrogens (tertiary/aromatic N) is 1. The molecule has 0 aromatic heterocycles. The predicted octanol–water partition coefficient (Wildman–Crippen LogP) is 2.86. The molecule has 1 heterocycles. The van der Waals surface area contributed by atoms with Crippen molar-refractivity contribution in [2.45, 2.75) is 51.0 Å². The normalized spacial score (nSPS) is 21.2. The van der Waals surface area contributed by atoms with Gasteiger partial charge in [-0.3, -0.25) is 9.59 Å². The van der Waals surface area contributed by atoms with E-state index in [9.17, 15) is 18.0 Å². The van der Waals surface area contributed by atoms with Crippen molar-refractivity contribution in [2.24, 2.45) is 0 Å². The lowest BCUT2D eigenvalue weighted by molar-refractivity contribution is -0.116. The summed E-state index contributed by atoms with van der Waals surface area (Å²) < 4.78 is 24.7. The lowest BCUT2D eigenvalue weighted by atomic mass is 10.1. The van der Waals surface area contributed by atoms with Crippen LogP contribution in [0.4, 0.5) is 5.69 Å². The van der Waals surface area contributed by atoms with Gasteiger partial charge in [-0.05, 0) is 31.0 Å². The Labute approximate surface area is 152 Å². The van der Waals surface area contributed by atoms with E-state index >= 15 is 0 Å². The topological polar surface area (TPSA) is 83.6 Å². The molecule has 0 spiro atoms. The molecule has 136 valence electrons. The van der Waals surface area contributed by atoms with Crippen LogP contribution in [-0.2, 0) is 14.8 Å². The van der Waals surface area contributed by atoms with E-state index in [1.54, 1.807) is 0 Å². The zero-order valence-electron chi connectivity index (χ0n) is 13.8. The average Bonchev–Trinajstić information content (AvgIpc) is 2.72. The smallest absolute Gasteiger partial charge is 0.253 e. The van der Waals surface area contributed by atoms with Crippen LogP contribution in [0.15, 0.2) is 18.2 Å². The van der Waals surface area contributed by atoms with E-state index < -0.39 is 15.9 Å². The van der Waals surface area contributed by atoms with Gasteiger partial charge in [-0.15, -0.1) is 0 Å². The second-order valence-electron chi connectivity index (χ2n) is 6.55. The predicted molar refractivity (Wildman–Crippen MR) is 96.3 cm³/mol. The molecule has 2 amide bonds. The fraction of sp³-hybridized carbons (Fsp3) is 0.529. The van der Waals surface area contributed by atoms with Crippen LogP contribution in [0.3, 0.4) is 0 Å². The highest BCUT2D eigenvalue weighted by molar-refractivity contribution is 7.94. The molecule has 1 saturated carbocycles. The summed E-state index contributed by atoms with van der Waals surface area (Å²) in [6.45, 7) is 0. The van der Waals surface area contributed by atoms with Crippen LogP contribution >= 0.6 is 11.6 Å². The third-order valence-electron chi connectivity index (χ3n) is 4.70. The number of sulfonamides is 1. The lowest BCUT2D eigenvalue weighted by Crippen LogP contribution is -2.34. The maximum absolute atomic E-state index is 12.5. The summed E-state index contributed by atoms with van der Waals surface area (Å²) in [6.07, 6.45) is 6.48. The largest absolute Gasteiger partial charge is 0.349 e. The first-order chi connectivity index (χ1) is 11.9. The van der Waals surface area contributed by atoms with Crippen molar-refractivity contribution in [2.75, 3.05) is 10.1 Å². The molecular formula is C17H21ClN2O4S. The average molecular weight is 385 g/mol. The first-order valence-electron chi connectivity index (χ1n) is 8.55. The van der Waals surface area contributed by atoms with Crippen LogP contribution in [0.1, 0.15) is 55.3 Å². The summed E-state index contributed by atoms with van der Waals surface area (Å²) in [5.41, 5.74) is 0.470. The number of nitrogens with one attached hydrogen (secondary N) is 1. The number of halogens is 1. The van der Waals surface area contributed by atoms with Crippen molar-refractivity contribution >= 4 is 39.1 Å². The third-order valence-corrected chi connectivity index (χ3v) is 6.70. The van der Waals surface area contributed by atoms with Gasteiger partial charge in [0.05, 0.1) is 22.0 Å². The maximum Gasteiger partial charge on any atom is 0.253 e. The van der Waals surface area contributed by atoms with E-state index in [0.717, 1.165) is 30.0 Å². The zero-order chi connectivity index (χ0) is 18.0. The van der Waals surface area contributed by atoms with Crippen molar-refractivity contribution in [1.82, 2.24) is 5.32 Å². The molecule has 0 atom stereocenters. The molecule has 2 fully saturated rings. The van der Waals surface area contributed by atoms with E-state index in [2.05, 4.69) is 5.32 Å². The van der Waals surface area contributed by atoms with Crippen molar-refractivity contribution < 1.29 is 18.0 Å². The molecule has 0 bridgehead atoms. The first-order valence-corrected chi connectivity index (χ1v) is 10.5. The molecule has 0 unspecified atom stereocenters. The monoisotopic (exact) mass is 384 g/mol. The Morgan fingerprint density at radius 2 is 1.84 bits per heavy atom. The Hall–Kier alpha value is -1.60. The van der Waals surface area contributed by atoms with Crippen LogP contribution in [0, 0.1) is 0 Å². The molecule has 8 heteroatoms. The Kier molecular flexibility index (Phi) is 5.34. The van der Waals surface area contributed by atoms with Gasteiger partial charge >= 0.3 is 0 Å². The van der Waals surface area contributed by atoms with Crippen LogP contribution in [0.2, 0.25) is 5.02 Å². The van der Waals surface area contributed by atoms with Gasteiger partial charge in [0.1, 0.15) is 0 Å². The Balaban J connectivity index is 1.77. The molecule has 1 saturated heterocycles. The van der Waals surface area contributed by atoms with Crippen LogP contribution in [0.25, 0.3) is 0 Å². The third kappa shape index (κ3) is 3.98. The quantitative estimate of drug-likeness (QED) is 0.812. The molecule has 2 aliphatic rings. The Bertz CT molecular complexity index is 786. The molecule has 1 N–H and O–H groups in total. The second-order valence-corrected chi connectivity index (χ2v) is 8.89. The van der Waals surface area contributed by atoms with E-state index in [1.165, 1.54) is 31.0 Å². The highest BCUT2D eigenvalue weighted by Gasteiger charge is 2.36. The van der Waals surface area contributed by atoms with Gasteiger partial charge in [0.15, 0.2) is 0 Å². The zero-order valence-corrected chi connectivity index (χ0v) is 15.4. The molecule has 0 radical (unpaired) electrons. The molecule has 1 aliphatic heterocycles. The summed E-state index contributed by atoms with van der Waals surface area (Å²) in [7, 11) is -3.64. The summed E-state index contributed by atoms with van der Waals surface area (Å²) in [4.78, 5) is 24.3. The minimum atomic E-state index is -3.64. The molecule has 6 nitrogen and oxygen atoms in total. The van der Waals surface area contributed by atoms with E-state index in [1.807, 2.05) is 0 Å². The van der Waals surface area contributed by atoms with E-state index in [4.69, 9.17) is 11.6 Å². The minimum absolute atomic E-state index is 0.0378. The highest BCUT2D eigenvalue weighted by atomic mass is 35.5. The van der Waals surface area contributed by atoms with Crippen molar-refractivity contribution in [3.05, 3.63) is 28.8 Å². The van der Waals surface area contributed by atoms with Crippen molar-refractivity contribution in [1.29, 1.82) is 0 Å². The summed E-state index contributed by atoms with van der Waals surface area (Å²) in [6, 6.07) is 4.44. The summed E-state index contributed by atoms with van der Waals surface area (Å²) in [5, 5.41) is 3.15. The van der Waals surface area contributed by atoms with Crippen LogP contribution in [0.5, 0.6) is 0 Å². The van der Waals surface area contributed by atoms with Crippen LogP contribution < -0.4 is 9.62 Å². The number of amides is 2.